The Balaban J connectivity index is 3.07. The monoisotopic (exact) mass is 264 g/mol. The van der Waals surface area contributed by atoms with Crippen LogP contribution in [0.25, 0.3) is 6.08 Å². The van der Waals surface area contributed by atoms with E-state index in [-0.39, 0.29) is 6.10 Å². The number of benzene rings is 1. The Bertz CT molecular complexity index is 503. The smallest absolute Gasteiger partial charge is 0.376 e. The molecule has 0 aromatic heterocycles. The molecule has 0 unspecified atom stereocenters. The van der Waals surface area contributed by atoms with Crippen molar-refractivity contribution in [1.82, 2.24) is 0 Å². The van der Waals surface area contributed by atoms with E-state index in [0.29, 0.717) is 17.1 Å². The van der Waals surface area contributed by atoms with E-state index in [1.807, 2.05) is 13.8 Å². The fourth-order valence-electron chi connectivity index (χ4n) is 1.47. The maximum Gasteiger partial charge on any atom is 0.376 e. The minimum absolute atomic E-state index is 0.0196. The number of aliphatic carboxylic acids is 1. The number of carbonyl (C=O) groups is 2. The molecule has 1 rings (SSSR count). The van der Waals surface area contributed by atoms with Crippen LogP contribution in [0.2, 0.25) is 0 Å². The number of hydrogen-bond acceptors (Lipinski definition) is 4. The van der Waals surface area contributed by atoms with E-state index in [1.165, 1.54) is 13.2 Å². The third kappa shape index (κ3) is 4.13. The molecule has 0 heterocycles. The van der Waals surface area contributed by atoms with Gasteiger partial charge in [0.05, 0.1) is 13.2 Å². The second-order valence-corrected chi connectivity index (χ2v) is 4.05. The van der Waals surface area contributed by atoms with Crippen LogP contribution in [0.3, 0.4) is 0 Å². The molecular weight excluding hydrogens is 248 g/mol. The van der Waals surface area contributed by atoms with Gasteiger partial charge in [-0.2, -0.15) is 0 Å². The summed E-state index contributed by atoms with van der Waals surface area (Å²) in [5.74, 6) is -1.48. The van der Waals surface area contributed by atoms with Crippen molar-refractivity contribution in [3.05, 3.63) is 29.8 Å². The summed E-state index contributed by atoms with van der Waals surface area (Å²) >= 11 is 0. The van der Waals surface area contributed by atoms with Gasteiger partial charge in [0.1, 0.15) is 0 Å². The second kappa shape index (κ2) is 6.58. The Morgan fingerprint density at radius 3 is 2.53 bits per heavy atom. The van der Waals surface area contributed by atoms with Crippen LogP contribution in [0, 0.1) is 0 Å². The number of carboxylic acids is 1. The Morgan fingerprint density at radius 2 is 2.00 bits per heavy atom. The van der Waals surface area contributed by atoms with Crippen molar-refractivity contribution in [2.75, 3.05) is 7.11 Å². The number of ketones is 1. The highest BCUT2D eigenvalue weighted by molar-refractivity contribution is 6.38. The molecule has 0 amide bonds. The summed E-state index contributed by atoms with van der Waals surface area (Å²) < 4.78 is 10.8. The summed E-state index contributed by atoms with van der Waals surface area (Å²) in [6.07, 6.45) is 2.36. The van der Waals surface area contributed by atoms with Crippen LogP contribution < -0.4 is 9.47 Å². The first-order chi connectivity index (χ1) is 8.95. The Labute approximate surface area is 111 Å². The molecular formula is C14H16O5. The summed E-state index contributed by atoms with van der Waals surface area (Å²) in [5.41, 5.74) is 0.579. The van der Waals surface area contributed by atoms with E-state index in [4.69, 9.17) is 14.6 Å². The van der Waals surface area contributed by atoms with Gasteiger partial charge in [-0.15, -0.1) is 0 Å². The third-order valence-electron chi connectivity index (χ3n) is 2.20. The van der Waals surface area contributed by atoms with Gasteiger partial charge in [0, 0.05) is 5.56 Å². The lowest BCUT2D eigenvalue weighted by molar-refractivity contribution is -0.146. The molecule has 1 aromatic carbocycles. The highest BCUT2D eigenvalue weighted by Crippen LogP contribution is 2.32. The van der Waals surface area contributed by atoms with E-state index < -0.39 is 11.8 Å². The minimum atomic E-state index is -1.50. The number of ether oxygens (including phenoxy) is 2. The van der Waals surface area contributed by atoms with Crippen molar-refractivity contribution in [1.29, 1.82) is 0 Å². The molecule has 102 valence electrons. The minimum Gasteiger partial charge on any atom is -0.492 e. The van der Waals surface area contributed by atoms with Gasteiger partial charge in [0.25, 0.3) is 5.78 Å². The first-order valence-corrected chi connectivity index (χ1v) is 5.74. The average molecular weight is 264 g/mol. The molecule has 0 spiro atoms. The fraction of sp³-hybridized carbons (Fsp3) is 0.286. The van der Waals surface area contributed by atoms with Gasteiger partial charge in [-0.3, -0.25) is 4.79 Å². The molecule has 0 fully saturated rings. The standard InChI is InChI=1S/C14H16O5/c1-9(2)19-12-6-4-5-10(13(12)18-3)7-8-11(15)14(16)17/h4-9H,1-3H3,(H,16,17)/b8-7+. The number of carboxylic acid groups (broad SMARTS) is 1. The van der Waals surface area contributed by atoms with Gasteiger partial charge < -0.3 is 14.6 Å². The maximum absolute atomic E-state index is 11.0. The Kier molecular flexibility index (Phi) is 5.11. The molecule has 0 saturated carbocycles. The van der Waals surface area contributed by atoms with Crippen LogP contribution in [-0.2, 0) is 9.59 Å². The zero-order valence-corrected chi connectivity index (χ0v) is 11.0. The normalized spacial score (nSPS) is 10.7. The number of rotatable bonds is 6. The SMILES string of the molecule is COc1c(/C=C/C(=O)C(=O)O)cccc1OC(C)C. The highest BCUT2D eigenvalue weighted by atomic mass is 16.5. The molecule has 5 heteroatoms. The second-order valence-electron chi connectivity index (χ2n) is 4.05. The van der Waals surface area contributed by atoms with Crippen molar-refractivity contribution in [3.63, 3.8) is 0 Å². The van der Waals surface area contributed by atoms with E-state index >= 15 is 0 Å². The predicted octanol–water partition coefficient (Wildman–Crippen LogP) is 2.15. The van der Waals surface area contributed by atoms with Gasteiger partial charge in [-0.05, 0) is 32.1 Å². The largest absolute Gasteiger partial charge is 0.492 e. The van der Waals surface area contributed by atoms with Gasteiger partial charge in [0.2, 0.25) is 0 Å². The van der Waals surface area contributed by atoms with Gasteiger partial charge in [-0.1, -0.05) is 12.1 Å². The maximum atomic E-state index is 11.0. The van der Waals surface area contributed by atoms with E-state index in [2.05, 4.69) is 0 Å². The molecule has 0 aliphatic carbocycles. The molecule has 0 aliphatic heterocycles. The van der Waals surface area contributed by atoms with Crippen molar-refractivity contribution < 1.29 is 24.2 Å². The predicted molar refractivity (Wildman–Crippen MR) is 70.4 cm³/mol. The summed E-state index contributed by atoms with van der Waals surface area (Å²) in [6.45, 7) is 3.77. The number of hydrogen-bond donors (Lipinski definition) is 1. The lowest BCUT2D eigenvalue weighted by atomic mass is 10.1. The summed E-state index contributed by atoms with van der Waals surface area (Å²) in [5, 5.41) is 8.50. The third-order valence-corrected chi connectivity index (χ3v) is 2.20. The molecule has 0 radical (unpaired) electrons. The van der Waals surface area contributed by atoms with Crippen LogP contribution in [0.5, 0.6) is 11.5 Å². The molecule has 0 atom stereocenters. The molecule has 0 aliphatic rings. The first kappa shape index (κ1) is 14.8. The zero-order valence-electron chi connectivity index (χ0n) is 11.0. The van der Waals surface area contributed by atoms with Crippen molar-refractivity contribution in [2.24, 2.45) is 0 Å². The molecule has 19 heavy (non-hydrogen) atoms. The van der Waals surface area contributed by atoms with Crippen LogP contribution in [-0.4, -0.2) is 30.1 Å². The van der Waals surface area contributed by atoms with E-state index in [1.54, 1.807) is 18.2 Å². The van der Waals surface area contributed by atoms with Crippen LogP contribution in [0.4, 0.5) is 0 Å². The number of carbonyl (C=O) groups excluding carboxylic acids is 1. The van der Waals surface area contributed by atoms with E-state index in [0.717, 1.165) is 6.08 Å². The van der Waals surface area contributed by atoms with Crippen LogP contribution in [0.1, 0.15) is 19.4 Å². The molecule has 0 saturated heterocycles. The Hall–Kier alpha value is -2.30. The Morgan fingerprint density at radius 1 is 1.32 bits per heavy atom. The lowest BCUT2D eigenvalue weighted by Crippen LogP contribution is -2.08. The topological polar surface area (TPSA) is 72.8 Å². The van der Waals surface area contributed by atoms with Crippen LogP contribution in [0.15, 0.2) is 24.3 Å². The van der Waals surface area contributed by atoms with Crippen molar-refractivity contribution in [3.8, 4) is 11.5 Å². The zero-order chi connectivity index (χ0) is 14.4. The van der Waals surface area contributed by atoms with Crippen LogP contribution >= 0.6 is 0 Å². The van der Waals surface area contributed by atoms with Gasteiger partial charge in [0.15, 0.2) is 11.5 Å². The van der Waals surface area contributed by atoms with Crippen molar-refractivity contribution in [2.45, 2.75) is 20.0 Å². The molecule has 0 bridgehead atoms. The van der Waals surface area contributed by atoms with Gasteiger partial charge in [-0.25, -0.2) is 4.79 Å². The molecule has 5 nitrogen and oxygen atoms in total. The number of methoxy groups -OCH3 is 1. The van der Waals surface area contributed by atoms with Gasteiger partial charge >= 0.3 is 5.97 Å². The lowest BCUT2D eigenvalue weighted by Gasteiger charge is -2.14. The first-order valence-electron chi connectivity index (χ1n) is 5.74. The highest BCUT2D eigenvalue weighted by Gasteiger charge is 2.11. The number of para-hydroxylation sites is 1. The summed E-state index contributed by atoms with van der Waals surface area (Å²) in [4.78, 5) is 21.5. The summed E-state index contributed by atoms with van der Waals surface area (Å²) in [7, 11) is 1.48. The fourth-order valence-corrected chi connectivity index (χ4v) is 1.47. The molecule has 1 N–H and O–H groups in total. The average Bonchev–Trinajstić information content (AvgIpc) is 2.35. The summed E-state index contributed by atoms with van der Waals surface area (Å²) in [6, 6.07) is 5.19. The quantitative estimate of drug-likeness (QED) is 0.629. The molecule has 1 aromatic rings. The van der Waals surface area contributed by atoms with E-state index in [9.17, 15) is 9.59 Å². The van der Waals surface area contributed by atoms with Crippen molar-refractivity contribution >= 4 is 17.8 Å².